The van der Waals surface area contributed by atoms with Crippen LogP contribution in [0.15, 0.2) is 53.3 Å². The number of hydrogen-bond donors (Lipinski definition) is 0. The Bertz CT molecular complexity index is 1190. The van der Waals surface area contributed by atoms with E-state index in [1.165, 1.54) is 17.7 Å². The standard InChI is InChI=1S/C27H34FN3O3/c1-27(2,3)34-26(33)29-17-14-22(15-18-29)31-24-19-21(28)12-13-23(24)30(25(31)32)16-8-7-11-20-9-5-4-6-10-20/h4-6,9-10,12-13,19,22H,7-8,11,14-18H2,1-3H3. The molecule has 1 aromatic heterocycles. The minimum Gasteiger partial charge on any atom is -0.444 e. The summed E-state index contributed by atoms with van der Waals surface area (Å²) in [5.74, 6) is -0.353. The molecule has 6 nitrogen and oxygen atoms in total. The minimum absolute atomic E-state index is 0.0824. The van der Waals surface area contributed by atoms with Crippen LogP contribution in [-0.4, -0.2) is 38.8 Å². The van der Waals surface area contributed by atoms with Gasteiger partial charge in [0.05, 0.1) is 11.0 Å². The van der Waals surface area contributed by atoms with Crippen molar-refractivity contribution in [3.63, 3.8) is 0 Å². The summed E-state index contributed by atoms with van der Waals surface area (Å²) in [6.07, 6.45) is 3.73. The molecule has 1 fully saturated rings. The van der Waals surface area contributed by atoms with Gasteiger partial charge in [0.2, 0.25) is 0 Å². The lowest BCUT2D eigenvalue weighted by atomic mass is 10.0. The van der Waals surface area contributed by atoms with Crippen LogP contribution in [0.25, 0.3) is 11.0 Å². The molecule has 0 aliphatic carbocycles. The highest BCUT2D eigenvalue weighted by Crippen LogP contribution is 2.27. The Morgan fingerprint density at radius 3 is 2.41 bits per heavy atom. The topological polar surface area (TPSA) is 56.5 Å². The van der Waals surface area contributed by atoms with E-state index in [0.29, 0.717) is 38.0 Å². The lowest BCUT2D eigenvalue weighted by molar-refractivity contribution is 0.0188. The van der Waals surface area contributed by atoms with Gasteiger partial charge in [0.15, 0.2) is 0 Å². The zero-order valence-corrected chi connectivity index (χ0v) is 20.3. The third-order valence-electron chi connectivity index (χ3n) is 6.35. The largest absolute Gasteiger partial charge is 0.444 e. The number of nitrogens with zero attached hydrogens (tertiary/aromatic N) is 3. The molecule has 4 rings (SSSR count). The summed E-state index contributed by atoms with van der Waals surface area (Å²) >= 11 is 0. The second-order valence-corrected chi connectivity index (χ2v) is 10.1. The maximum absolute atomic E-state index is 14.2. The molecule has 1 saturated heterocycles. The zero-order valence-electron chi connectivity index (χ0n) is 20.3. The first-order valence-electron chi connectivity index (χ1n) is 12.1. The third-order valence-corrected chi connectivity index (χ3v) is 6.35. The fraction of sp³-hybridized carbons (Fsp3) is 0.481. The highest BCUT2D eigenvalue weighted by molar-refractivity contribution is 5.76. The van der Waals surface area contributed by atoms with E-state index in [0.717, 1.165) is 24.8 Å². The van der Waals surface area contributed by atoms with E-state index >= 15 is 0 Å². The summed E-state index contributed by atoms with van der Waals surface area (Å²) in [6, 6.07) is 14.8. The van der Waals surface area contributed by atoms with Gasteiger partial charge in [0.25, 0.3) is 0 Å². The summed E-state index contributed by atoms with van der Waals surface area (Å²) in [5, 5.41) is 0. The highest BCUT2D eigenvalue weighted by Gasteiger charge is 2.29. The average Bonchev–Trinajstić information content (AvgIpc) is 3.06. The van der Waals surface area contributed by atoms with Crippen LogP contribution in [0.4, 0.5) is 9.18 Å². The number of aromatic nitrogens is 2. The SMILES string of the molecule is CC(C)(C)OC(=O)N1CCC(n2c(=O)n(CCCCc3ccccc3)c3ccc(F)cc32)CC1. The van der Waals surface area contributed by atoms with Crippen LogP contribution in [0.2, 0.25) is 0 Å². The number of fused-ring (bicyclic) bond motifs is 1. The molecule has 0 bridgehead atoms. The van der Waals surface area contributed by atoms with E-state index in [1.807, 2.05) is 39.0 Å². The smallest absolute Gasteiger partial charge is 0.410 e. The molecule has 2 aromatic carbocycles. The number of hydrogen-bond acceptors (Lipinski definition) is 3. The molecule has 7 heteroatoms. The van der Waals surface area contributed by atoms with E-state index in [4.69, 9.17) is 4.74 Å². The number of piperidine rings is 1. The normalized spacial score (nSPS) is 15.1. The number of aryl methyl sites for hydroxylation is 2. The molecule has 0 atom stereocenters. The van der Waals surface area contributed by atoms with E-state index in [1.54, 1.807) is 20.1 Å². The van der Waals surface area contributed by atoms with Crippen LogP contribution < -0.4 is 5.69 Å². The van der Waals surface area contributed by atoms with E-state index in [9.17, 15) is 14.0 Å². The van der Waals surface area contributed by atoms with Crippen LogP contribution in [0.5, 0.6) is 0 Å². The maximum atomic E-state index is 14.2. The third kappa shape index (κ3) is 5.51. The minimum atomic E-state index is -0.545. The molecule has 34 heavy (non-hydrogen) atoms. The molecule has 1 aliphatic heterocycles. The molecule has 182 valence electrons. The Morgan fingerprint density at radius 2 is 1.74 bits per heavy atom. The van der Waals surface area contributed by atoms with Crippen LogP contribution in [-0.2, 0) is 17.7 Å². The molecule has 1 aliphatic rings. The van der Waals surface area contributed by atoms with Crippen LogP contribution in [0, 0.1) is 5.82 Å². The molecule has 1 amide bonds. The summed E-state index contributed by atoms with van der Waals surface area (Å²) in [4.78, 5) is 27.6. The summed E-state index contributed by atoms with van der Waals surface area (Å²) < 4.78 is 23.1. The van der Waals surface area contributed by atoms with Crippen molar-refractivity contribution in [3.8, 4) is 0 Å². The van der Waals surface area contributed by atoms with Crippen molar-refractivity contribution >= 4 is 17.1 Å². The van der Waals surface area contributed by atoms with Gasteiger partial charge in [-0.15, -0.1) is 0 Å². The molecule has 2 heterocycles. The van der Waals surface area contributed by atoms with Gasteiger partial charge in [-0.05, 0) is 76.6 Å². The first-order chi connectivity index (χ1) is 16.2. The number of ether oxygens (including phenoxy) is 1. The first-order valence-corrected chi connectivity index (χ1v) is 12.1. The Balaban J connectivity index is 1.48. The molecular weight excluding hydrogens is 433 g/mol. The molecule has 0 N–H and O–H groups in total. The van der Waals surface area contributed by atoms with Gasteiger partial charge in [0.1, 0.15) is 11.4 Å². The summed E-state index contributed by atoms with van der Waals surface area (Å²) in [5.41, 5.74) is 2.03. The Kier molecular flexibility index (Phi) is 7.10. The number of carbonyl (C=O) groups excluding carboxylic acids is 1. The van der Waals surface area contributed by atoms with E-state index < -0.39 is 5.60 Å². The number of halogens is 1. The monoisotopic (exact) mass is 467 g/mol. The fourth-order valence-corrected chi connectivity index (χ4v) is 4.70. The van der Waals surface area contributed by atoms with E-state index in [-0.39, 0.29) is 23.6 Å². The number of amides is 1. The van der Waals surface area contributed by atoms with Gasteiger partial charge >= 0.3 is 11.8 Å². The molecule has 0 saturated carbocycles. The van der Waals surface area contributed by atoms with Gasteiger partial charge < -0.3 is 9.64 Å². The first kappa shape index (κ1) is 24.0. The summed E-state index contributed by atoms with van der Waals surface area (Å²) in [7, 11) is 0. The predicted octanol–water partition coefficient (Wildman–Crippen LogP) is 5.54. The number of imidazole rings is 1. The zero-order chi connectivity index (χ0) is 24.3. The number of unbranched alkanes of at least 4 members (excludes halogenated alkanes) is 1. The Labute approximate surface area is 199 Å². The predicted molar refractivity (Wildman–Crippen MR) is 132 cm³/mol. The number of rotatable bonds is 6. The maximum Gasteiger partial charge on any atom is 0.410 e. The van der Waals surface area contributed by atoms with Crippen molar-refractivity contribution in [1.82, 2.24) is 14.0 Å². The number of likely N-dealkylation sites (tertiary alicyclic amines) is 1. The van der Waals surface area contributed by atoms with Crippen molar-refractivity contribution in [3.05, 3.63) is 70.4 Å². The van der Waals surface area contributed by atoms with E-state index in [2.05, 4.69) is 12.1 Å². The van der Waals surface area contributed by atoms with Crippen LogP contribution in [0.1, 0.15) is 58.1 Å². The quantitative estimate of drug-likeness (QED) is 0.448. The molecule has 0 radical (unpaired) electrons. The van der Waals surface area contributed by atoms with Crippen molar-refractivity contribution in [2.75, 3.05) is 13.1 Å². The fourth-order valence-electron chi connectivity index (χ4n) is 4.70. The van der Waals surface area contributed by atoms with Crippen molar-refractivity contribution in [2.45, 2.75) is 71.1 Å². The number of benzene rings is 2. The van der Waals surface area contributed by atoms with Crippen LogP contribution in [0.3, 0.4) is 0 Å². The lowest BCUT2D eigenvalue weighted by Crippen LogP contribution is -2.43. The second kappa shape index (κ2) is 10.0. The highest BCUT2D eigenvalue weighted by atomic mass is 19.1. The van der Waals surface area contributed by atoms with Crippen molar-refractivity contribution < 1.29 is 13.9 Å². The van der Waals surface area contributed by atoms with Crippen LogP contribution >= 0.6 is 0 Å². The molecule has 0 unspecified atom stereocenters. The van der Waals surface area contributed by atoms with Gasteiger partial charge in [-0.3, -0.25) is 9.13 Å². The molecule has 3 aromatic rings. The van der Waals surface area contributed by atoms with Gasteiger partial charge in [-0.25, -0.2) is 14.0 Å². The average molecular weight is 468 g/mol. The van der Waals surface area contributed by atoms with Crippen molar-refractivity contribution in [2.24, 2.45) is 0 Å². The van der Waals surface area contributed by atoms with Gasteiger partial charge in [-0.2, -0.15) is 0 Å². The summed E-state index contributed by atoms with van der Waals surface area (Å²) in [6.45, 7) is 7.15. The second-order valence-electron chi connectivity index (χ2n) is 10.1. The molecule has 0 spiro atoms. The van der Waals surface area contributed by atoms with Crippen molar-refractivity contribution in [1.29, 1.82) is 0 Å². The Hall–Kier alpha value is -3.09. The lowest BCUT2D eigenvalue weighted by Gasteiger charge is -2.33. The Morgan fingerprint density at radius 1 is 1.03 bits per heavy atom. The number of carbonyl (C=O) groups is 1. The van der Waals surface area contributed by atoms with Gasteiger partial charge in [0, 0.05) is 25.7 Å². The van der Waals surface area contributed by atoms with Gasteiger partial charge in [-0.1, -0.05) is 30.3 Å². The molecular formula is C27H34FN3O3.